The molecule has 0 unspecified atom stereocenters. The fraction of sp³-hybridized carbons (Fsp3) is 0.600. The third kappa shape index (κ3) is 1.78. The van der Waals surface area contributed by atoms with Crippen molar-refractivity contribution in [1.82, 2.24) is 9.97 Å². The molecule has 0 amide bonds. The van der Waals surface area contributed by atoms with Gasteiger partial charge in [0.1, 0.15) is 0 Å². The molecule has 1 aromatic rings. The van der Waals surface area contributed by atoms with Gasteiger partial charge in [0.05, 0.1) is 16.8 Å². The zero-order chi connectivity index (χ0) is 12.0. The van der Waals surface area contributed by atoms with E-state index in [0.717, 1.165) is 0 Å². The van der Waals surface area contributed by atoms with Crippen LogP contribution in [0.3, 0.4) is 0 Å². The van der Waals surface area contributed by atoms with Crippen molar-refractivity contribution >= 4 is 18.7 Å². The molecule has 6 heteroatoms. The molecule has 0 radical (unpaired) electrons. The Hall–Kier alpha value is -1.14. The first-order valence-electron chi connectivity index (χ1n) is 5.26. The van der Waals surface area contributed by atoms with Crippen LogP contribution in [0.15, 0.2) is 12.3 Å². The standard InChI is InChI=1S/C10H16BN3O2/c1-9(2)10(3,4)16-11(15-9)7-5-6-13-8(12)14-7/h5-6H,1-4H3,(H2,12,13,14). The highest BCUT2D eigenvalue weighted by Gasteiger charge is 2.52. The molecule has 1 aromatic heterocycles. The summed E-state index contributed by atoms with van der Waals surface area (Å²) in [6.07, 6.45) is 1.60. The highest BCUT2D eigenvalue weighted by atomic mass is 16.7. The van der Waals surface area contributed by atoms with Gasteiger partial charge in [-0.05, 0) is 33.8 Å². The lowest BCUT2D eigenvalue weighted by atomic mass is 9.85. The molecular formula is C10H16BN3O2. The molecular weight excluding hydrogens is 205 g/mol. The van der Waals surface area contributed by atoms with Crippen LogP contribution >= 0.6 is 0 Å². The summed E-state index contributed by atoms with van der Waals surface area (Å²) in [6.45, 7) is 7.99. The molecule has 0 atom stereocenters. The van der Waals surface area contributed by atoms with Gasteiger partial charge in [-0.1, -0.05) is 0 Å². The van der Waals surface area contributed by atoms with E-state index in [9.17, 15) is 0 Å². The molecule has 16 heavy (non-hydrogen) atoms. The van der Waals surface area contributed by atoms with Gasteiger partial charge in [-0.15, -0.1) is 0 Å². The Labute approximate surface area is 95.5 Å². The highest BCUT2D eigenvalue weighted by Crippen LogP contribution is 2.36. The average Bonchev–Trinajstić information content (AvgIpc) is 2.36. The third-order valence-electron chi connectivity index (χ3n) is 3.19. The highest BCUT2D eigenvalue weighted by molar-refractivity contribution is 6.61. The molecule has 0 aliphatic carbocycles. The smallest absolute Gasteiger partial charge is 0.398 e. The molecule has 1 aliphatic heterocycles. The Bertz CT molecular complexity index is 393. The topological polar surface area (TPSA) is 70.3 Å². The van der Waals surface area contributed by atoms with Crippen LogP contribution in [0, 0.1) is 0 Å². The second-order valence-electron chi connectivity index (χ2n) is 4.93. The van der Waals surface area contributed by atoms with Crippen LogP contribution < -0.4 is 11.3 Å². The monoisotopic (exact) mass is 221 g/mol. The Morgan fingerprint density at radius 3 is 2.25 bits per heavy atom. The summed E-state index contributed by atoms with van der Waals surface area (Å²) >= 11 is 0. The third-order valence-corrected chi connectivity index (χ3v) is 3.19. The number of rotatable bonds is 1. The van der Waals surface area contributed by atoms with Crippen molar-refractivity contribution < 1.29 is 9.31 Å². The maximum absolute atomic E-state index is 5.84. The maximum Gasteiger partial charge on any atom is 0.514 e. The van der Waals surface area contributed by atoms with Gasteiger partial charge in [-0.2, -0.15) is 0 Å². The average molecular weight is 221 g/mol. The molecule has 0 saturated carbocycles. The van der Waals surface area contributed by atoms with Gasteiger partial charge in [0.25, 0.3) is 0 Å². The molecule has 2 heterocycles. The van der Waals surface area contributed by atoms with Crippen molar-refractivity contribution in [2.24, 2.45) is 0 Å². The minimum absolute atomic E-state index is 0.229. The van der Waals surface area contributed by atoms with Crippen molar-refractivity contribution in [3.8, 4) is 0 Å². The van der Waals surface area contributed by atoms with Crippen LogP contribution in [0.4, 0.5) is 5.95 Å². The SMILES string of the molecule is CC1(C)OB(c2ccnc(N)n2)OC1(C)C. The molecule has 86 valence electrons. The van der Waals surface area contributed by atoms with Crippen molar-refractivity contribution in [1.29, 1.82) is 0 Å². The van der Waals surface area contributed by atoms with Crippen molar-refractivity contribution in [2.45, 2.75) is 38.9 Å². The number of anilines is 1. The Kier molecular flexibility index (Phi) is 2.43. The number of hydrogen-bond donors (Lipinski definition) is 1. The second-order valence-corrected chi connectivity index (χ2v) is 4.93. The molecule has 0 spiro atoms. The van der Waals surface area contributed by atoms with Crippen molar-refractivity contribution in [3.63, 3.8) is 0 Å². The lowest BCUT2D eigenvalue weighted by Crippen LogP contribution is -2.41. The van der Waals surface area contributed by atoms with Crippen molar-refractivity contribution in [3.05, 3.63) is 12.3 Å². The van der Waals surface area contributed by atoms with E-state index in [4.69, 9.17) is 15.0 Å². The predicted molar refractivity (Wildman–Crippen MR) is 62.2 cm³/mol. The maximum atomic E-state index is 5.84. The van der Waals surface area contributed by atoms with E-state index in [2.05, 4.69) is 9.97 Å². The van der Waals surface area contributed by atoms with Crippen molar-refractivity contribution in [2.75, 3.05) is 5.73 Å². The van der Waals surface area contributed by atoms with Gasteiger partial charge in [0.2, 0.25) is 5.95 Å². The Morgan fingerprint density at radius 2 is 1.75 bits per heavy atom. The summed E-state index contributed by atoms with van der Waals surface area (Å²) in [7, 11) is -0.477. The fourth-order valence-electron chi connectivity index (χ4n) is 1.48. The molecule has 0 aromatic carbocycles. The summed E-state index contributed by atoms with van der Waals surface area (Å²) in [5.41, 5.74) is 5.46. The van der Waals surface area contributed by atoms with E-state index >= 15 is 0 Å². The largest absolute Gasteiger partial charge is 0.514 e. The summed E-state index contributed by atoms with van der Waals surface area (Å²) in [5, 5.41) is 0. The predicted octanol–water partition coefficient (Wildman–Crippen LogP) is 0.358. The molecule has 2 N–H and O–H groups in total. The van der Waals surface area contributed by atoms with Gasteiger partial charge >= 0.3 is 7.12 Å². The number of hydrogen-bond acceptors (Lipinski definition) is 5. The number of nitrogens with two attached hydrogens (primary N) is 1. The first kappa shape index (κ1) is 11.4. The van der Waals surface area contributed by atoms with Crippen LogP contribution in [0.1, 0.15) is 27.7 Å². The van der Waals surface area contributed by atoms with Gasteiger partial charge in [0.15, 0.2) is 0 Å². The fourth-order valence-corrected chi connectivity index (χ4v) is 1.48. The second kappa shape index (κ2) is 3.43. The molecule has 1 saturated heterocycles. The van der Waals surface area contributed by atoms with E-state index in [0.29, 0.717) is 5.59 Å². The first-order chi connectivity index (χ1) is 7.32. The molecule has 0 bridgehead atoms. The van der Waals surface area contributed by atoms with E-state index in [1.165, 1.54) is 0 Å². The number of nitrogens with zero attached hydrogens (tertiary/aromatic N) is 2. The summed E-state index contributed by atoms with van der Waals surface area (Å²) in [6, 6.07) is 1.75. The van der Waals surface area contributed by atoms with E-state index in [1.807, 2.05) is 27.7 Å². The van der Waals surface area contributed by atoms with Gasteiger partial charge in [0, 0.05) is 6.20 Å². The van der Waals surface area contributed by atoms with Crippen LogP contribution in [0.5, 0.6) is 0 Å². The molecule has 1 aliphatic rings. The lowest BCUT2D eigenvalue weighted by molar-refractivity contribution is 0.00578. The van der Waals surface area contributed by atoms with Crippen LogP contribution in [-0.2, 0) is 9.31 Å². The quantitative estimate of drug-likeness (QED) is 0.693. The Balaban J connectivity index is 2.27. The number of aromatic nitrogens is 2. The number of nitrogen functional groups attached to an aromatic ring is 1. The summed E-state index contributed by atoms with van der Waals surface area (Å²) in [4.78, 5) is 7.94. The molecule has 1 fully saturated rings. The Morgan fingerprint density at radius 1 is 1.19 bits per heavy atom. The summed E-state index contributed by atoms with van der Waals surface area (Å²) < 4.78 is 11.7. The van der Waals surface area contributed by atoms with Gasteiger partial charge in [-0.3, -0.25) is 0 Å². The van der Waals surface area contributed by atoms with Gasteiger partial charge in [-0.25, -0.2) is 9.97 Å². The zero-order valence-corrected chi connectivity index (χ0v) is 10.0. The van der Waals surface area contributed by atoms with Crippen LogP contribution in [0.25, 0.3) is 0 Å². The van der Waals surface area contributed by atoms with E-state index in [1.54, 1.807) is 12.3 Å². The minimum atomic E-state index is -0.477. The lowest BCUT2D eigenvalue weighted by Gasteiger charge is -2.32. The van der Waals surface area contributed by atoms with Gasteiger partial charge < -0.3 is 15.0 Å². The normalized spacial score (nSPS) is 22.4. The summed E-state index contributed by atoms with van der Waals surface area (Å²) in [5.74, 6) is 0.229. The first-order valence-corrected chi connectivity index (χ1v) is 5.26. The van der Waals surface area contributed by atoms with Crippen LogP contribution in [0.2, 0.25) is 0 Å². The molecule has 5 nitrogen and oxygen atoms in total. The molecule has 2 rings (SSSR count). The van der Waals surface area contributed by atoms with E-state index in [-0.39, 0.29) is 17.2 Å². The minimum Gasteiger partial charge on any atom is -0.398 e. The van der Waals surface area contributed by atoms with Crippen LogP contribution in [-0.4, -0.2) is 28.3 Å². The van der Waals surface area contributed by atoms with E-state index < -0.39 is 7.12 Å². The zero-order valence-electron chi connectivity index (χ0n) is 10.0.